The Morgan fingerprint density at radius 3 is 2.10 bits per heavy atom. The van der Waals surface area contributed by atoms with Crippen molar-refractivity contribution in [2.24, 2.45) is 23.1 Å². The lowest BCUT2D eigenvalue weighted by atomic mass is 9.90. The van der Waals surface area contributed by atoms with Gasteiger partial charge >= 0.3 is 5.97 Å². The minimum Gasteiger partial charge on any atom is -0.479 e. The van der Waals surface area contributed by atoms with E-state index in [1.807, 2.05) is 30.3 Å². The lowest BCUT2D eigenvalue weighted by Crippen LogP contribution is -2.63. The van der Waals surface area contributed by atoms with E-state index in [2.05, 4.69) is 0 Å². The number of benzene rings is 1. The molecule has 1 aromatic carbocycles. The number of hydrogen-bond donors (Lipinski definition) is 5. The SMILES string of the molecule is CC(C(=O)CCO)C(N)(N)C(=O)O.NCc1ccccc1. The average molecular weight is 297 g/mol. The highest BCUT2D eigenvalue weighted by atomic mass is 16.4. The molecule has 0 aliphatic carbocycles. The molecule has 0 heterocycles. The molecular weight excluding hydrogens is 274 g/mol. The van der Waals surface area contributed by atoms with Crippen molar-refractivity contribution in [3.05, 3.63) is 35.9 Å². The van der Waals surface area contributed by atoms with Crippen LogP contribution in [0.1, 0.15) is 18.9 Å². The molecule has 0 bridgehead atoms. The fraction of sp³-hybridized carbons (Fsp3) is 0.429. The molecule has 0 spiro atoms. The predicted molar refractivity (Wildman–Crippen MR) is 78.9 cm³/mol. The lowest BCUT2D eigenvalue weighted by Gasteiger charge is -2.25. The fourth-order valence-corrected chi connectivity index (χ4v) is 1.39. The van der Waals surface area contributed by atoms with E-state index in [-0.39, 0.29) is 13.0 Å². The number of hydrogen-bond acceptors (Lipinski definition) is 6. The van der Waals surface area contributed by atoms with Crippen LogP contribution in [0.2, 0.25) is 0 Å². The van der Waals surface area contributed by atoms with Crippen molar-refractivity contribution in [3.8, 4) is 0 Å². The second-order valence-electron chi connectivity index (χ2n) is 4.59. The molecule has 0 amide bonds. The maximum Gasteiger partial charge on any atom is 0.339 e. The van der Waals surface area contributed by atoms with Gasteiger partial charge in [0.05, 0.1) is 5.92 Å². The molecule has 0 fully saturated rings. The van der Waals surface area contributed by atoms with Crippen molar-refractivity contribution < 1.29 is 19.8 Å². The number of carboxylic acids is 1. The molecule has 7 heteroatoms. The number of rotatable bonds is 6. The van der Waals surface area contributed by atoms with Crippen LogP contribution < -0.4 is 17.2 Å². The van der Waals surface area contributed by atoms with Crippen LogP contribution in [0.4, 0.5) is 0 Å². The van der Waals surface area contributed by atoms with E-state index in [9.17, 15) is 9.59 Å². The molecule has 21 heavy (non-hydrogen) atoms. The van der Waals surface area contributed by atoms with Gasteiger partial charge in [0.15, 0.2) is 5.66 Å². The fourth-order valence-electron chi connectivity index (χ4n) is 1.39. The monoisotopic (exact) mass is 297 g/mol. The van der Waals surface area contributed by atoms with Crippen LogP contribution >= 0.6 is 0 Å². The van der Waals surface area contributed by atoms with E-state index >= 15 is 0 Å². The van der Waals surface area contributed by atoms with Gasteiger partial charge in [0.1, 0.15) is 5.78 Å². The van der Waals surface area contributed by atoms with Crippen LogP contribution in [0, 0.1) is 5.92 Å². The topological polar surface area (TPSA) is 153 Å². The summed E-state index contributed by atoms with van der Waals surface area (Å²) in [4.78, 5) is 21.6. The maximum absolute atomic E-state index is 11.1. The largest absolute Gasteiger partial charge is 0.479 e. The van der Waals surface area contributed by atoms with E-state index in [0.29, 0.717) is 6.54 Å². The summed E-state index contributed by atoms with van der Waals surface area (Å²) in [5, 5.41) is 17.0. The third-order valence-electron chi connectivity index (χ3n) is 3.01. The van der Waals surface area contributed by atoms with Gasteiger partial charge < -0.3 is 27.4 Å². The van der Waals surface area contributed by atoms with Crippen molar-refractivity contribution >= 4 is 11.8 Å². The van der Waals surface area contributed by atoms with Gasteiger partial charge in [-0.2, -0.15) is 0 Å². The Kier molecular flexibility index (Phi) is 8.41. The van der Waals surface area contributed by atoms with Gasteiger partial charge in [-0.15, -0.1) is 0 Å². The molecule has 0 saturated heterocycles. The van der Waals surface area contributed by atoms with E-state index in [1.165, 1.54) is 12.5 Å². The van der Waals surface area contributed by atoms with Crippen LogP contribution in [-0.4, -0.2) is 34.2 Å². The number of carboxylic acid groups (broad SMARTS) is 1. The number of carbonyl (C=O) groups is 2. The first kappa shape index (κ1) is 19.2. The number of carbonyl (C=O) groups excluding carboxylic acids is 1. The molecule has 1 aromatic rings. The zero-order valence-electron chi connectivity index (χ0n) is 12.0. The van der Waals surface area contributed by atoms with Gasteiger partial charge in [-0.1, -0.05) is 37.3 Å². The highest BCUT2D eigenvalue weighted by molar-refractivity contribution is 5.90. The van der Waals surface area contributed by atoms with Gasteiger partial charge in [-0.3, -0.25) is 4.79 Å². The first-order chi connectivity index (χ1) is 9.77. The quantitative estimate of drug-likeness (QED) is 0.440. The summed E-state index contributed by atoms with van der Waals surface area (Å²) < 4.78 is 0. The highest BCUT2D eigenvalue weighted by Crippen LogP contribution is 2.11. The first-order valence-corrected chi connectivity index (χ1v) is 6.46. The second-order valence-corrected chi connectivity index (χ2v) is 4.59. The summed E-state index contributed by atoms with van der Waals surface area (Å²) in [6, 6.07) is 9.99. The molecular formula is C14H23N3O4. The van der Waals surface area contributed by atoms with Crippen LogP contribution in [0.3, 0.4) is 0 Å². The Hall–Kier alpha value is -1.80. The van der Waals surface area contributed by atoms with Crippen molar-refractivity contribution in [2.75, 3.05) is 6.61 Å². The normalized spacial score (nSPS) is 12.0. The lowest BCUT2D eigenvalue weighted by molar-refractivity contribution is -0.148. The molecule has 0 radical (unpaired) electrons. The number of aliphatic hydroxyl groups is 1. The van der Waals surface area contributed by atoms with Gasteiger partial charge in [0.25, 0.3) is 0 Å². The van der Waals surface area contributed by atoms with Gasteiger partial charge in [-0.25, -0.2) is 4.79 Å². The number of ketones is 1. The summed E-state index contributed by atoms with van der Waals surface area (Å²) in [6.45, 7) is 1.63. The molecule has 1 rings (SSSR count). The Bertz CT molecular complexity index is 449. The van der Waals surface area contributed by atoms with Crippen LogP contribution in [0.5, 0.6) is 0 Å². The Morgan fingerprint density at radius 1 is 1.24 bits per heavy atom. The maximum atomic E-state index is 11.1. The molecule has 118 valence electrons. The second kappa shape index (κ2) is 9.19. The van der Waals surface area contributed by atoms with Crippen molar-refractivity contribution in [2.45, 2.75) is 25.6 Å². The Labute approximate surface area is 123 Å². The molecule has 1 unspecified atom stereocenters. The van der Waals surface area contributed by atoms with Crippen LogP contribution in [0.25, 0.3) is 0 Å². The third-order valence-corrected chi connectivity index (χ3v) is 3.01. The minimum atomic E-state index is -2.06. The number of aliphatic carboxylic acids is 1. The molecule has 7 nitrogen and oxygen atoms in total. The van der Waals surface area contributed by atoms with E-state index in [0.717, 1.165) is 0 Å². The van der Waals surface area contributed by atoms with Crippen molar-refractivity contribution in [1.82, 2.24) is 0 Å². The molecule has 0 aromatic heterocycles. The van der Waals surface area contributed by atoms with Crippen molar-refractivity contribution in [1.29, 1.82) is 0 Å². The molecule has 0 saturated carbocycles. The molecule has 0 aliphatic heterocycles. The zero-order valence-corrected chi connectivity index (χ0v) is 12.0. The van der Waals surface area contributed by atoms with E-state index < -0.39 is 23.3 Å². The summed E-state index contributed by atoms with van der Waals surface area (Å²) in [6.07, 6.45) is -0.134. The molecule has 0 aliphatic rings. The predicted octanol–water partition coefficient (Wildman–Crippen LogP) is -0.582. The van der Waals surface area contributed by atoms with Crippen LogP contribution in [0.15, 0.2) is 30.3 Å². The third kappa shape index (κ3) is 6.46. The standard InChI is InChI=1S/C7H14N2O4.C7H9N/c1-4(5(11)2-3-10)7(8,9)6(12)13;8-6-7-4-2-1-3-5-7/h4,10H,2-3,8-9H2,1H3,(H,12,13);1-5H,6,8H2. The van der Waals surface area contributed by atoms with E-state index in [1.54, 1.807) is 0 Å². The zero-order chi connectivity index (χ0) is 16.5. The minimum absolute atomic E-state index is 0.134. The Morgan fingerprint density at radius 2 is 1.76 bits per heavy atom. The summed E-state index contributed by atoms with van der Waals surface area (Å²) in [7, 11) is 0. The summed E-state index contributed by atoms with van der Waals surface area (Å²) >= 11 is 0. The highest BCUT2D eigenvalue weighted by Gasteiger charge is 2.39. The number of Topliss-reactive ketones (excluding diaryl/α,β-unsaturated/α-hetero) is 1. The number of aliphatic hydroxyl groups excluding tert-OH is 1. The summed E-state index contributed by atoms with van der Waals surface area (Å²) in [5.74, 6) is -2.92. The van der Waals surface area contributed by atoms with Gasteiger partial charge in [0.2, 0.25) is 0 Å². The number of nitrogens with two attached hydrogens (primary N) is 3. The van der Waals surface area contributed by atoms with Crippen LogP contribution in [-0.2, 0) is 16.1 Å². The van der Waals surface area contributed by atoms with E-state index in [4.69, 9.17) is 27.4 Å². The van der Waals surface area contributed by atoms with Gasteiger partial charge in [0, 0.05) is 19.6 Å². The Balaban J connectivity index is 0.000000423. The average Bonchev–Trinajstić information content (AvgIpc) is 2.48. The smallest absolute Gasteiger partial charge is 0.339 e. The molecule has 1 atom stereocenters. The molecule has 8 N–H and O–H groups in total. The van der Waals surface area contributed by atoms with Gasteiger partial charge in [-0.05, 0) is 5.56 Å². The van der Waals surface area contributed by atoms with Crippen molar-refractivity contribution in [3.63, 3.8) is 0 Å². The first-order valence-electron chi connectivity index (χ1n) is 6.46. The summed E-state index contributed by atoms with van der Waals surface area (Å²) in [5.41, 5.74) is 14.9.